The second-order valence-electron chi connectivity index (χ2n) is 6.83. The summed E-state index contributed by atoms with van der Waals surface area (Å²) in [6.07, 6.45) is -1.78. The van der Waals surface area contributed by atoms with Gasteiger partial charge in [0.2, 0.25) is 0 Å². The van der Waals surface area contributed by atoms with Crippen molar-refractivity contribution in [3.8, 4) is 0 Å². The number of hydrogen-bond acceptors (Lipinski definition) is 11. The Labute approximate surface area is 213 Å². The van der Waals surface area contributed by atoms with Crippen LogP contribution in [-0.2, 0) is 23.1 Å². The molecule has 0 radical (unpaired) electrons. The van der Waals surface area contributed by atoms with Crippen molar-refractivity contribution in [2.75, 3.05) is 19.5 Å². The predicted octanol–water partition coefficient (Wildman–Crippen LogP) is -0.987. The van der Waals surface area contributed by atoms with Crippen molar-refractivity contribution >= 4 is 48.2 Å². The summed E-state index contributed by atoms with van der Waals surface area (Å²) in [4.78, 5) is 25.6. The molecule has 0 amide bonds. The van der Waals surface area contributed by atoms with E-state index in [1.807, 2.05) is 12.1 Å². The summed E-state index contributed by atoms with van der Waals surface area (Å²) in [5, 5.41) is 1.11. The molecule has 2 N–H and O–H groups in total. The molecule has 1 aromatic carbocycles. The molecule has 32 heavy (non-hydrogen) atoms. The van der Waals surface area contributed by atoms with Crippen LogP contribution in [0.3, 0.4) is 0 Å². The molecule has 2 aromatic heterocycles. The number of phosphoric acid groups is 1. The number of rotatable bonds is 4. The molecule has 2 saturated heterocycles. The Hall–Kier alpha value is -0.760. The van der Waals surface area contributed by atoms with Crippen molar-refractivity contribution in [3.63, 3.8) is 0 Å². The molecule has 5 atom stereocenters. The molecule has 2 aliphatic rings. The smallest absolute Gasteiger partial charge is 0.756 e. The van der Waals surface area contributed by atoms with E-state index in [1.54, 1.807) is 16.7 Å². The topological polar surface area (TPSA) is 147 Å². The second-order valence-corrected chi connectivity index (χ2v) is 9.67. The fraction of sp³-hybridized carbons (Fsp3) is 0.353. The van der Waals surface area contributed by atoms with E-state index in [4.69, 9.17) is 35.9 Å². The quantitative estimate of drug-likeness (QED) is 0.343. The Balaban J connectivity index is 0.00000245. The zero-order valence-corrected chi connectivity index (χ0v) is 21.4. The number of phosphoric ester groups is 1. The van der Waals surface area contributed by atoms with Gasteiger partial charge in [-0.15, -0.1) is 0 Å². The molecular weight excluding hydrogens is 492 g/mol. The number of halogens is 1. The number of aromatic nitrogens is 4. The number of nitrogens with zero attached hydrogens (tertiary/aromatic N) is 4. The van der Waals surface area contributed by atoms with Gasteiger partial charge in [0.1, 0.15) is 24.6 Å². The van der Waals surface area contributed by atoms with Crippen LogP contribution in [0.25, 0.3) is 11.2 Å². The molecule has 3 aromatic rings. The fourth-order valence-electron chi connectivity index (χ4n) is 3.59. The van der Waals surface area contributed by atoms with Gasteiger partial charge in [-0.1, -0.05) is 23.4 Å². The van der Waals surface area contributed by atoms with Gasteiger partial charge in [-0.25, -0.2) is 15.0 Å². The summed E-state index contributed by atoms with van der Waals surface area (Å²) in [6, 6.07) is 7.22. The monoisotopic (exact) mass is 507 g/mol. The number of imidazole rings is 1. The molecule has 164 valence electrons. The van der Waals surface area contributed by atoms with E-state index in [-0.39, 0.29) is 42.0 Å². The SMILES string of the molecule is CO[C@H]1[C@H]2OP(=O)([O-])OC[C@@H]2O[C@@H]1n1c(Sc2ccc(Cl)cc2)nc2c(N)ncnc21.[Na+]. The summed E-state index contributed by atoms with van der Waals surface area (Å²) in [7, 11) is -2.99. The van der Waals surface area contributed by atoms with Crippen molar-refractivity contribution in [3.05, 3.63) is 35.6 Å². The van der Waals surface area contributed by atoms with Crippen LogP contribution in [0, 0.1) is 0 Å². The minimum absolute atomic E-state index is 0. The van der Waals surface area contributed by atoms with Gasteiger partial charge in [-0.3, -0.25) is 9.13 Å². The third kappa shape index (κ3) is 4.47. The molecule has 5 rings (SSSR count). The molecule has 1 unspecified atom stereocenters. The first-order chi connectivity index (χ1) is 14.9. The van der Waals surface area contributed by atoms with Crippen LogP contribution in [0.4, 0.5) is 5.82 Å². The predicted molar refractivity (Wildman–Crippen MR) is 108 cm³/mol. The number of benzene rings is 1. The minimum Gasteiger partial charge on any atom is -0.756 e. The Morgan fingerprint density at radius 3 is 2.81 bits per heavy atom. The Morgan fingerprint density at radius 1 is 1.34 bits per heavy atom. The van der Waals surface area contributed by atoms with E-state index >= 15 is 0 Å². The molecule has 2 aliphatic heterocycles. The average molecular weight is 508 g/mol. The van der Waals surface area contributed by atoms with Crippen molar-refractivity contribution in [1.82, 2.24) is 19.5 Å². The van der Waals surface area contributed by atoms with Gasteiger partial charge in [0, 0.05) is 17.0 Å². The van der Waals surface area contributed by atoms with Gasteiger partial charge >= 0.3 is 29.6 Å². The van der Waals surface area contributed by atoms with Gasteiger partial charge in [0.25, 0.3) is 7.82 Å². The van der Waals surface area contributed by atoms with Crippen molar-refractivity contribution in [2.24, 2.45) is 0 Å². The van der Waals surface area contributed by atoms with Crippen molar-refractivity contribution in [2.45, 2.75) is 34.6 Å². The van der Waals surface area contributed by atoms with Gasteiger partial charge in [-0.05, 0) is 24.3 Å². The maximum Gasteiger partial charge on any atom is 1.00 e. The molecule has 4 heterocycles. The summed E-state index contributed by atoms with van der Waals surface area (Å²) in [5.74, 6) is 0.203. The standard InChI is InChI=1S/C17H17ClN5O6PS.Na/c1-26-13-12-10(6-27-30(24,25)29-12)28-16(13)23-15-11(14(19)20-7-21-15)22-17(23)31-9-4-2-8(18)3-5-9;/h2-5,7,10,12-13,16H,6H2,1H3,(H,24,25)(H2,19,20,21);/q;+1/p-1/t10-,12-,13-,16-;/m0./s1. The normalized spacial score (nSPS) is 29.6. The first-order valence-corrected chi connectivity index (χ1v) is 11.8. The Bertz CT molecular complexity index is 1190. The zero-order valence-electron chi connectivity index (χ0n) is 17.0. The summed E-state index contributed by atoms with van der Waals surface area (Å²) in [5.41, 5.74) is 6.83. The molecule has 0 saturated carbocycles. The second kappa shape index (κ2) is 9.47. The summed E-state index contributed by atoms with van der Waals surface area (Å²) in [6.45, 7) is -0.175. The van der Waals surface area contributed by atoms with E-state index in [9.17, 15) is 9.46 Å². The zero-order chi connectivity index (χ0) is 21.8. The average Bonchev–Trinajstić information content (AvgIpc) is 3.26. The van der Waals surface area contributed by atoms with Crippen LogP contribution < -0.4 is 40.2 Å². The molecule has 0 bridgehead atoms. The van der Waals surface area contributed by atoms with Crippen molar-refractivity contribution in [1.29, 1.82) is 0 Å². The molecule has 15 heteroatoms. The minimum atomic E-state index is -4.44. The largest absolute Gasteiger partial charge is 1.00 e. The number of hydrogen-bond donors (Lipinski definition) is 1. The van der Waals surface area contributed by atoms with E-state index in [0.29, 0.717) is 21.3 Å². The summed E-state index contributed by atoms with van der Waals surface area (Å²) < 4.78 is 35.2. The number of anilines is 1. The van der Waals surface area contributed by atoms with E-state index in [1.165, 1.54) is 25.2 Å². The first kappa shape index (κ1) is 24.4. The van der Waals surface area contributed by atoms with Crippen LogP contribution >= 0.6 is 31.2 Å². The number of methoxy groups -OCH3 is 1. The Morgan fingerprint density at radius 2 is 2.09 bits per heavy atom. The van der Waals surface area contributed by atoms with E-state index in [2.05, 4.69) is 15.0 Å². The number of nitrogens with two attached hydrogens (primary N) is 1. The van der Waals surface area contributed by atoms with Gasteiger partial charge in [0.15, 0.2) is 28.4 Å². The third-order valence-electron chi connectivity index (χ3n) is 4.96. The van der Waals surface area contributed by atoms with Gasteiger partial charge in [0.05, 0.1) is 6.61 Å². The number of ether oxygens (including phenoxy) is 2. The summed E-state index contributed by atoms with van der Waals surface area (Å²) >= 11 is 7.33. The Kier molecular flexibility index (Phi) is 7.21. The first-order valence-electron chi connectivity index (χ1n) is 9.10. The third-order valence-corrected chi connectivity index (χ3v) is 7.15. The van der Waals surface area contributed by atoms with Crippen LogP contribution in [0.15, 0.2) is 40.6 Å². The number of fused-ring (bicyclic) bond motifs is 2. The molecule has 0 aliphatic carbocycles. The maximum absolute atomic E-state index is 11.8. The number of nitrogen functional groups attached to an aromatic ring is 1. The molecule has 11 nitrogen and oxygen atoms in total. The fourth-order valence-corrected chi connectivity index (χ4v) is 5.57. The molecule has 0 spiro atoms. The molecular formula is C17H16ClN5NaO6PS. The van der Waals surface area contributed by atoms with Crippen LogP contribution in [0.2, 0.25) is 5.02 Å². The van der Waals surface area contributed by atoms with Crippen LogP contribution in [0.5, 0.6) is 0 Å². The van der Waals surface area contributed by atoms with E-state index < -0.39 is 32.4 Å². The maximum atomic E-state index is 11.8. The van der Waals surface area contributed by atoms with Crippen molar-refractivity contribution < 1.29 is 57.5 Å². The van der Waals surface area contributed by atoms with Crippen LogP contribution in [0.1, 0.15) is 6.23 Å². The molecule has 2 fully saturated rings. The van der Waals surface area contributed by atoms with E-state index in [0.717, 1.165) is 4.90 Å². The van der Waals surface area contributed by atoms with Crippen LogP contribution in [-0.4, -0.2) is 51.5 Å². The van der Waals surface area contributed by atoms with Gasteiger partial charge in [-0.2, -0.15) is 0 Å². The van der Waals surface area contributed by atoms with Gasteiger partial charge < -0.3 is 29.1 Å².